The molecule has 0 unspecified atom stereocenters. The lowest BCUT2D eigenvalue weighted by Gasteiger charge is -2.25. The summed E-state index contributed by atoms with van der Waals surface area (Å²) in [5.74, 6) is -0.487. The normalized spacial score (nSPS) is 10.5. The average Bonchev–Trinajstić information content (AvgIpc) is 2.60. The van der Waals surface area contributed by atoms with Gasteiger partial charge in [-0.25, -0.2) is 0 Å². The van der Waals surface area contributed by atoms with Crippen LogP contribution in [0.25, 0.3) is 11.1 Å². The molecule has 0 aliphatic carbocycles. The van der Waals surface area contributed by atoms with Gasteiger partial charge in [0.15, 0.2) is 0 Å². The van der Waals surface area contributed by atoms with Crippen molar-refractivity contribution in [3.63, 3.8) is 0 Å². The molecule has 0 spiro atoms. The maximum Gasteiger partial charge on any atom is 0.325 e. The van der Waals surface area contributed by atoms with E-state index in [1.807, 2.05) is 56.3 Å². The summed E-state index contributed by atoms with van der Waals surface area (Å²) in [6.07, 6.45) is 0.268. The molecule has 2 aromatic carbocycles. The average molecular weight is 325 g/mol. The molecular formula is C20H23NO3. The van der Waals surface area contributed by atoms with Gasteiger partial charge in [-0.3, -0.25) is 9.59 Å². The number of carbonyl (C=O) groups excluding carboxylic acids is 2. The SMILES string of the molecule is COC(=O)CN(C(=O)Cc1ccc(-c2ccccc2)cc1)C(C)C. The Hall–Kier alpha value is -2.62. The maximum absolute atomic E-state index is 12.5. The summed E-state index contributed by atoms with van der Waals surface area (Å²) >= 11 is 0. The molecule has 0 saturated heterocycles. The lowest BCUT2D eigenvalue weighted by atomic mass is 10.0. The van der Waals surface area contributed by atoms with Gasteiger partial charge in [-0.1, -0.05) is 54.6 Å². The van der Waals surface area contributed by atoms with Gasteiger partial charge in [0, 0.05) is 6.04 Å². The summed E-state index contributed by atoms with van der Waals surface area (Å²) in [7, 11) is 1.33. The molecule has 0 fully saturated rings. The molecule has 24 heavy (non-hydrogen) atoms. The Morgan fingerprint density at radius 1 is 0.958 bits per heavy atom. The van der Waals surface area contributed by atoms with Crippen LogP contribution >= 0.6 is 0 Å². The molecule has 0 saturated carbocycles. The molecule has 0 aliphatic rings. The van der Waals surface area contributed by atoms with Crippen molar-refractivity contribution in [2.75, 3.05) is 13.7 Å². The van der Waals surface area contributed by atoms with Crippen LogP contribution < -0.4 is 0 Å². The molecule has 0 atom stereocenters. The predicted octanol–water partition coefficient (Wildman–Crippen LogP) is 3.31. The highest BCUT2D eigenvalue weighted by molar-refractivity contribution is 5.84. The molecular weight excluding hydrogens is 302 g/mol. The fraction of sp³-hybridized carbons (Fsp3) is 0.300. The molecule has 0 aromatic heterocycles. The minimum absolute atomic E-state index is 0.0188. The van der Waals surface area contributed by atoms with Crippen LogP contribution in [0, 0.1) is 0 Å². The molecule has 2 rings (SSSR count). The van der Waals surface area contributed by atoms with Crippen LogP contribution in [0.2, 0.25) is 0 Å². The first kappa shape index (κ1) is 17.7. The van der Waals surface area contributed by atoms with Gasteiger partial charge in [-0.15, -0.1) is 0 Å². The molecule has 0 radical (unpaired) electrons. The third-order valence-corrected chi connectivity index (χ3v) is 3.89. The Bertz CT molecular complexity index is 678. The molecule has 0 bridgehead atoms. The number of rotatable bonds is 6. The minimum Gasteiger partial charge on any atom is -0.468 e. The van der Waals surface area contributed by atoms with E-state index in [1.54, 1.807) is 0 Å². The zero-order chi connectivity index (χ0) is 17.5. The van der Waals surface area contributed by atoms with Gasteiger partial charge in [-0.2, -0.15) is 0 Å². The van der Waals surface area contributed by atoms with Crippen molar-refractivity contribution in [2.24, 2.45) is 0 Å². The van der Waals surface area contributed by atoms with Crippen LogP contribution in [0.4, 0.5) is 0 Å². The number of hydrogen-bond donors (Lipinski definition) is 0. The van der Waals surface area contributed by atoms with Crippen molar-refractivity contribution in [3.05, 3.63) is 60.2 Å². The second kappa shape index (κ2) is 8.29. The van der Waals surface area contributed by atoms with Crippen LogP contribution in [-0.2, 0) is 20.7 Å². The number of methoxy groups -OCH3 is 1. The number of benzene rings is 2. The van der Waals surface area contributed by atoms with Crippen molar-refractivity contribution in [1.29, 1.82) is 0 Å². The number of amides is 1. The highest BCUT2D eigenvalue weighted by atomic mass is 16.5. The standard InChI is InChI=1S/C20H23NO3/c1-15(2)21(14-20(23)24-3)19(22)13-16-9-11-18(12-10-16)17-7-5-4-6-8-17/h4-12,15H,13-14H2,1-3H3. The van der Waals surface area contributed by atoms with Gasteiger partial charge < -0.3 is 9.64 Å². The predicted molar refractivity (Wildman–Crippen MR) is 94.4 cm³/mol. The topological polar surface area (TPSA) is 46.6 Å². The second-order valence-electron chi connectivity index (χ2n) is 5.93. The van der Waals surface area contributed by atoms with E-state index in [4.69, 9.17) is 0 Å². The van der Waals surface area contributed by atoms with Gasteiger partial charge >= 0.3 is 5.97 Å². The summed E-state index contributed by atoms with van der Waals surface area (Å²) in [4.78, 5) is 25.5. The zero-order valence-corrected chi connectivity index (χ0v) is 14.4. The van der Waals surface area contributed by atoms with Crippen LogP contribution in [0.3, 0.4) is 0 Å². The highest BCUT2D eigenvalue weighted by Gasteiger charge is 2.20. The molecule has 4 nitrogen and oxygen atoms in total. The molecule has 2 aromatic rings. The van der Waals surface area contributed by atoms with E-state index in [1.165, 1.54) is 12.0 Å². The Labute approximate surface area is 143 Å². The zero-order valence-electron chi connectivity index (χ0n) is 14.4. The van der Waals surface area contributed by atoms with E-state index in [0.29, 0.717) is 0 Å². The lowest BCUT2D eigenvalue weighted by molar-refractivity contribution is -0.148. The summed E-state index contributed by atoms with van der Waals surface area (Å²) in [6, 6.07) is 18.0. The maximum atomic E-state index is 12.5. The van der Waals surface area contributed by atoms with Gasteiger partial charge in [-0.05, 0) is 30.5 Å². The summed E-state index contributed by atoms with van der Waals surface area (Å²) in [5.41, 5.74) is 3.18. The number of nitrogens with zero attached hydrogens (tertiary/aromatic N) is 1. The fourth-order valence-electron chi connectivity index (χ4n) is 2.48. The lowest BCUT2D eigenvalue weighted by Crippen LogP contribution is -2.41. The van der Waals surface area contributed by atoms with Gasteiger partial charge in [0.1, 0.15) is 6.54 Å². The van der Waals surface area contributed by atoms with Crippen molar-refractivity contribution in [3.8, 4) is 11.1 Å². The van der Waals surface area contributed by atoms with Gasteiger partial charge in [0.25, 0.3) is 0 Å². The van der Waals surface area contributed by atoms with Gasteiger partial charge in [0.2, 0.25) is 5.91 Å². The molecule has 0 aliphatic heterocycles. The number of ether oxygens (including phenoxy) is 1. The smallest absolute Gasteiger partial charge is 0.325 e. The van der Waals surface area contributed by atoms with E-state index < -0.39 is 5.97 Å². The quantitative estimate of drug-likeness (QED) is 0.766. The highest BCUT2D eigenvalue weighted by Crippen LogP contribution is 2.19. The first-order valence-corrected chi connectivity index (χ1v) is 8.02. The minimum atomic E-state index is -0.406. The first-order valence-electron chi connectivity index (χ1n) is 8.02. The van der Waals surface area contributed by atoms with Crippen molar-refractivity contribution in [1.82, 2.24) is 4.90 Å². The summed E-state index contributed by atoms with van der Waals surface area (Å²) < 4.78 is 4.66. The van der Waals surface area contributed by atoms with Crippen LogP contribution in [-0.4, -0.2) is 36.5 Å². The Balaban J connectivity index is 2.06. The molecule has 0 N–H and O–H groups in total. The van der Waals surface area contributed by atoms with E-state index in [9.17, 15) is 9.59 Å². The van der Waals surface area contributed by atoms with Gasteiger partial charge in [0.05, 0.1) is 13.5 Å². The Morgan fingerprint density at radius 2 is 1.54 bits per heavy atom. The number of hydrogen-bond acceptors (Lipinski definition) is 3. The molecule has 1 amide bonds. The molecule has 126 valence electrons. The van der Waals surface area contributed by atoms with Crippen LogP contribution in [0.1, 0.15) is 19.4 Å². The van der Waals surface area contributed by atoms with Crippen molar-refractivity contribution >= 4 is 11.9 Å². The molecule has 0 heterocycles. The third kappa shape index (κ3) is 4.69. The van der Waals surface area contributed by atoms with E-state index >= 15 is 0 Å². The van der Waals surface area contributed by atoms with E-state index in [-0.39, 0.29) is 24.9 Å². The Morgan fingerprint density at radius 3 is 2.08 bits per heavy atom. The largest absolute Gasteiger partial charge is 0.468 e. The van der Waals surface area contributed by atoms with E-state index in [0.717, 1.165) is 16.7 Å². The number of carbonyl (C=O) groups is 2. The monoisotopic (exact) mass is 325 g/mol. The number of esters is 1. The van der Waals surface area contributed by atoms with Crippen LogP contribution in [0.15, 0.2) is 54.6 Å². The van der Waals surface area contributed by atoms with E-state index in [2.05, 4.69) is 16.9 Å². The first-order chi connectivity index (χ1) is 11.5. The van der Waals surface area contributed by atoms with Crippen molar-refractivity contribution in [2.45, 2.75) is 26.3 Å². The van der Waals surface area contributed by atoms with Crippen molar-refractivity contribution < 1.29 is 14.3 Å². The molecule has 4 heteroatoms. The summed E-state index contributed by atoms with van der Waals surface area (Å²) in [6.45, 7) is 3.76. The fourth-order valence-corrected chi connectivity index (χ4v) is 2.48. The third-order valence-electron chi connectivity index (χ3n) is 3.89. The second-order valence-corrected chi connectivity index (χ2v) is 5.93. The Kier molecular flexibility index (Phi) is 6.13. The summed E-state index contributed by atoms with van der Waals surface area (Å²) in [5, 5.41) is 0. The van der Waals surface area contributed by atoms with Crippen LogP contribution in [0.5, 0.6) is 0 Å².